The zero-order chi connectivity index (χ0) is 14.0. The Kier molecular flexibility index (Phi) is 4.44. The fourth-order valence-electron chi connectivity index (χ4n) is 2.56. The predicted octanol–water partition coefficient (Wildman–Crippen LogP) is 3.36. The SMILES string of the molecule is CC1CCCC1C(=O)Nc1ccc(I)cc1C(=O)O. The molecule has 0 bridgehead atoms. The quantitative estimate of drug-likeness (QED) is 0.799. The Hall–Kier alpha value is -1.11. The van der Waals surface area contributed by atoms with Crippen molar-refractivity contribution in [3.8, 4) is 0 Å². The van der Waals surface area contributed by atoms with Crippen LogP contribution in [0.4, 0.5) is 5.69 Å². The lowest BCUT2D eigenvalue weighted by Crippen LogP contribution is -2.25. The molecule has 1 aromatic rings. The summed E-state index contributed by atoms with van der Waals surface area (Å²) in [5.41, 5.74) is 0.530. The van der Waals surface area contributed by atoms with Gasteiger partial charge >= 0.3 is 5.97 Å². The van der Waals surface area contributed by atoms with E-state index in [2.05, 4.69) is 34.8 Å². The van der Waals surface area contributed by atoms with Gasteiger partial charge in [-0.05, 0) is 59.5 Å². The van der Waals surface area contributed by atoms with Gasteiger partial charge in [-0.1, -0.05) is 13.3 Å². The van der Waals surface area contributed by atoms with Crippen LogP contribution in [0.25, 0.3) is 0 Å². The first-order valence-corrected chi connectivity index (χ1v) is 7.40. The van der Waals surface area contributed by atoms with Gasteiger partial charge in [-0.2, -0.15) is 0 Å². The minimum atomic E-state index is -1.02. The topological polar surface area (TPSA) is 66.4 Å². The Bertz CT molecular complexity index is 515. The lowest BCUT2D eigenvalue weighted by atomic mass is 9.97. The van der Waals surface area contributed by atoms with Gasteiger partial charge in [0.05, 0.1) is 11.3 Å². The monoisotopic (exact) mass is 373 g/mol. The first kappa shape index (κ1) is 14.3. The normalized spacial score (nSPS) is 22.2. The molecule has 1 amide bonds. The molecule has 2 unspecified atom stereocenters. The molecular weight excluding hydrogens is 357 g/mol. The minimum Gasteiger partial charge on any atom is -0.478 e. The fourth-order valence-corrected chi connectivity index (χ4v) is 3.05. The van der Waals surface area contributed by atoms with Crippen LogP contribution < -0.4 is 5.32 Å². The number of halogens is 1. The van der Waals surface area contributed by atoms with Crippen molar-refractivity contribution in [3.63, 3.8) is 0 Å². The van der Waals surface area contributed by atoms with Crippen LogP contribution in [0.3, 0.4) is 0 Å². The van der Waals surface area contributed by atoms with E-state index >= 15 is 0 Å². The molecule has 1 saturated carbocycles. The van der Waals surface area contributed by atoms with Gasteiger partial charge in [-0.15, -0.1) is 0 Å². The Morgan fingerprint density at radius 1 is 1.37 bits per heavy atom. The summed E-state index contributed by atoms with van der Waals surface area (Å²) in [4.78, 5) is 23.4. The standard InChI is InChI=1S/C14H16INO3/c1-8-3-2-4-10(8)13(17)16-12-6-5-9(15)7-11(12)14(18)19/h5-8,10H,2-4H2,1H3,(H,16,17)(H,18,19). The number of anilines is 1. The molecule has 1 fully saturated rings. The summed E-state index contributed by atoms with van der Waals surface area (Å²) in [5, 5.41) is 11.9. The molecule has 2 atom stereocenters. The average Bonchev–Trinajstić information content (AvgIpc) is 2.77. The maximum atomic E-state index is 12.2. The molecule has 5 heteroatoms. The number of carboxylic acids is 1. The first-order chi connectivity index (χ1) is 8.99. The van der Waals surface area contributed by atoms with Gasteiger partial charge in [0, 0.05) is 9.49 Å². The van der Waals surface area contributed by atoms with Crippen molar-refractivity contribution in [2.75, 3.05) is 5.32 Å². The number of carboxylic acid groups (broad SMARTS) is 1. The van der Waals surface area contributed by atoms with Crippen LogP contribution in [0.15, 0.2) is 18.2 Å². The molecule has 0 aliphatic heterocycles. The van der Waals surface area contributed by atoms with E-state index in [0.29, 0.717) is 11.6 Å². The summed E-state index contributed by atoms with van der Waals surface area (Å²) in [7, 11) is 0. The van der Waals surface area contributed by atoms with Gasteiger partial charge in [0.2, 0.25) is 5.91 Å². The van der Waals surface area contributed by atoms with Crippen molar-refractivity contribution in [1.29, 1.82) is 0 Å². The maximum absolute atomic E-state index is 12.2. The van der Waals surface area contributed by atoms with Crippen molar-refractivity contribution in [3.05, 3.63) is 27.3 Å². The van der Waals surface area contributed by atoms with Crippen molar-refractivity contribution in [2.45, 2.75) is 26.2 Å². The number of nitrogens with one attached hydrogen (secondary N) is 1. The first-order valence-electron chi connectivity index (χ1n) is 6.32. The summed E-state index contributed by atoms with van der Waals surface area (Å²) < 4.78 is 0.835. The number of benzene rings is 1. The molecule has 0 aromatic heterocycles. The summed E-state index contributed by atoms with van der Waals surface area (Å²) in [6, 6.07) is 5.01. The average molecular weight is 373 g/mol. The van der Waals surface area contributed by atoms with Crippen LogP contribution in [0, 0.1) is 15.4 Å². The molecule has 0 saturated heterocycles. The van der Waals surface area contributed by atoms with E-state index in [-0.39, 0.29) is 17.4 Å². The minimum absolute atomic E-state index is 0.000855. The molecule has 19 heavy (non-hydrogen) atoms. The Morgan fingerprint density at radius 3 is 2.68 bits per heavy atom. The molecule has 1 aromatic carbocycles. The van der Waals surface area contributed by atoms with Crippen LogP contribution in [-0.4, -0.2) is 17.0 Å². The molecule has 2 N–H and O–H groups in total. The smallest absolute Gasteiger partial charge is 0.337 e. The Balaban J connectivity index is 2.19. The van der Waals surface area contributed by atoms with Crippen LogP contribution in [-0.2, 0) is 4.79 Å². The molecule has 0 heterocycles. The number of aromatic carboxylic acids is 1. The van der Waals surface area contributed by atoms with Gasteiger partial charge in [0.25, 0.3) is 0 Å². The third kappa shape index (κ3) is 3.26. The highest BCUT2D eigenvalue weighted by atomic mass is 127. The van der Waals surface area contributed by atoms with Crippen LogP contribution in [0.1, 0.15) is 36.5 Å². The molecule has 102 valence electrons. The molecule has 2 rings (SSSR count). The summed E-state index contributed by atoms with van der Waals surface area (Å²) in [5.74, 6) is -0.708. The molecule has 4 nitrogen and oxygen atoms in total. The fraction of sp³-hybridized carbons (Fsp3) is 0.429. The lowest BCUT2D eigenvalue weighted by Gasteiger charge is -2.16. The van der Waals surface area contributed by atoms with E-state index < -0.39 is 5.97 Å². The van der Waals surface area contributed by atoms with E-state index in [1.165, 1.54) is 0 Å². The van der Waals surface area contributed by atoms with Crippen molar-refractivity contribution in [2.24, 2.45) is 11.8 Å². The lowest BCUT2D eigenvalue weighted by molar-refractivity contribution is -0.120. The summed E-state index contributed by atoms with van der Waals surface area (Å²) in [6.45, 7) is 2.07. The molecule has 0 radical (unpaired) electrons. The maximum Gasteiger partial charge on any atom is 0.337 e. The third-order valence-electron chi connectivity index (χ3n) is 3.67. The molecule has 1 aliphatic carbocycles. The number of rotatable bonds is 3. The number of hydrogen-bond donors (Lipinski definition) is 2. The number of amides is 1. The highest BCUT2D eigenvalue weighted by Crippen LogP contribution is 2.32. The number of carbonyl (C=O) groups is 2. The van der Waals surface area contributed by atoms with E-state index in [4.69, 9.17) is 5.11 Å². The van der Waals surface area contributed by atoms with Crippen LogP contribution in [0.5, 0.6) is 0 Å². The van der Waals surface area contributed by atoms with Crippen molar-refractivity contribution < 1.29 is 14.7 Å². The zero-order valence-electron chi connectivity index (χ0n) is 10.6. The predicted molar refractivity (Wildman–Crippen MR) is 81.3 cm³/mol. The number of hydrogen-bond acceptors (Lipinski definition) is 2. The largest absolute Gasteiger partial charge is 0.478 e. The van der Waals surface area contributed by atoms with Gasteiger partial charge in [-0.3, -0.25) is 4.79 Å². The molecule has 1 aliphatic rings. The van der Waals surface area contributed by atoms with Gasteiger partial charge in [0.1, 0.15) is 0 Å². The van der Waals surface area contributed by atoms with E-state index in [1.54, 1.807) is 18.2 Å². The van der Waals surface area contributed by atoms with Gasteiger partial charge < -0.3 is 10.4 Å². The van der Waals surface area contributed by atoms with E-state index in [0.717, 1.165) is 22.8 Å². The van der Waals surface area contributed by atoms with Crippen LogP contribution in [0.2, 0.25) is 0 Å². The summed E-state index contributed by atoms with van der Waals surface area (Å²) in [6.07, 6.45) is 3.02. The third-order valence-corrected chi connectivity index (χ3v) is 4.34. The highest BCUT2D eigenvalue weighted by molar-refractivity contribution is 14.1. The molecular formula is C14H16INO3. The Labute approximate surface area is 125 Å². The number of carbonyl (C=O) groups excluding carboxylic acids is 1. The second kappa shape index (κ2) is 5.90. The van der Waals surface area contributed by atoms with E-state index in [1.807, 2.05) is 0 Å². The Morgan fingerprint density at radius 2 is 2.11 bits per heavy atom. The van der Waals surface area contributed by atoms with Gasteiger partial charge in [-0.25, -0.2) is 4.79 Å². The van der Waals surface area contributed by atoms with Gasteiger partial charge in [0.15, 0.2) is 0 Å². The second-order valence-electron chi connectivity index (χ2n) is 5.00. The zero-order valence-corrected chi connectivity index (χ0v) is 12.8. The van der Waals surface area contributed by atoms with Crippen molar-refractivity contribution in [1.82, 2.24) is 0 Å². The van der Waals surface area contributed by atoms with Crippen LogP contribution >= 0.6 is 22.6 Å². The van der Waals surface area contributed by atoms with E-state index in [9.17, 15) is 9.59 Å². The van der Waals surface area contributed by atoms with Crippen molar-refractivity contribution >= 4 is 40.2 Å². The summed E-state index contributed by atoms with van der Waals surface area (Å²) >= 11 is 2.05. The second-order valence-corrected chi connectivity index (χ2v) is 6.24. The molecule has 0 spiro atoms. The highest BCUT2D eigenvalue weighted by Gasteiger charge is 2.30.